The van der Waals surface area contributed by atoms with Crippen LogP contribution >= 0.6 is 0 Å². The molecule has 1 aromatic rings. The molecule has 20 heavy (non-hydrogen) atoms. The number of anilines is 1. The van der Waals surface area contributed by atoms with Crippen molar-refractivity contribution < 1.29 is 5.11 Å². The monoisotopic (exact) mass is 276 g/mol. The van der Waals surface area contributed by atoms with E-state index in [9.17, 15) is 5.11 Å². The molecule has 2 rings (SSSR count). The molecule has 0 aromatic carbocycles. The van der Waals surface area contributed by atoms with Crippen LogP contribution in [-0.4, -0.2) is 15.7 Å². The van der Waals surface area contributed by atoms with Crippen molar-refractivity contribution in [2.45, 2.75) is 64.9 Å². The third-order valence-electron chi connectivity index (χ3n) is 5.31. The van der Waals surface area contributed by atoms with Crippen LogP contribution in [0.15, 0.2) is 18.3 Å². The van der Waals surface area contributed by atoms with Crippen LogP contribution in [0.2, 0.25) is 0 Å². The van der Waals surface area contributed by atoms with Crippen molar-refractivity contribution in [2.75, 3.05) is 5.73 Å². The van der Waals surface area contributed by atoms with Gasteiger partial charge in [0.15, 0.2) is 0 Å². The van der Waals surface area contributed by atoms with Gasteiger partial charge in [0, 0.05) is 12.6 Å². The van der Waals surface area contributed by atoms with Crippen LogP contribution in [0.5, 0.6) is 0 Å². The molecule has 0 aliphatic heterocycles. The molecule has 0 bridgehead atoms. The average molecular weight is 276 g/mol. The summed E-state index contributed by atoms with van der Waals surface area (Å²) in [6, 6.07) is 3.83. The lowest BCUT2D eigenvalue weighted by atomic mass is 9.65. The van der Waals surface area contributed by atoms with Gasteiger partial charge in [0.2, 0.25) is 0 Å². The highest BCUT2D eigenvalue weighted by atomic mass is 16.3. The summed E-state index contributed by atoms with van der Waals surface area (Å²) >= 11 is 0. The molecule has 0 spiro atoms. The number of nitrogens with zero attached hydrogens (tertiary/aromatic N) is 1. The molecular formula is C17H28N2O. The van der Waals surface area contributed by atoms with Crippen molar-refractivity contribution in [1.82, 2.24) is 4.98 Å². The first-order valence-electron chi connectivity index (χ1n) is 7.77. The summed E-state index contributed by atoms with van der Waals surface area (Å²) in [4.78, 5) is 4.01. The summed E-state index contributed by atoms with van der Waals surface area (Å²) in [6.07, 6.45) is 7.65. The second kappa shape index (κ2) is 5.72. The summed E-state index contributed by atoms with van der Waals surface area (Å²) in [5.41, 5.74) is 6.63. The van der Waals surface area contributed by atoms with Gasteiger partial charge in [0.1, 0.15) is 5.82 Å². The highest BCUT2D eigenvalue weighted by Crippen LogP contribution is 2.44. The van der Waals surface area contributed by atoms with Crippen molar-refractivity contribution in [1.29, 1.82) is 0 Å². The van der Waals surface area contributed by atoms with Gasteiger partial charge in [-0.3, -0.25) is 0 Å². The number of pyridine rings is 1. The van der Waals surface area contributed by atoms with Gasteiger partial charge in [0.25, 0.3) is 0 Å². The fourth-order valence-electron chi connectivity index (χ4n) is 3.39. The number of aromatic nitrogens is 1. The van der Waals surface area contributed by atoms with E-state index in [1.54, 1.807) is 6.20 Å². The normalized spacial score (nSPS) is 27.5. The van der Waals surface area contributed by atoms with E-state index in [-0.39, 0.29) is 0 Å². The molecule has 0 atom stereocenters. The number of nitrogens with two attached hydrogens (primary N) is 1. The molecule has 3 heteroatoms. The quantitative estimate of drug-likeness (QED) is 0.884. The first kappa shape index (κ1) is 15.3. The highest BCUT2D eigenvalue weighted by molar-refractivity contribution is 5.32. The Hall–Kier alpha value is -1.09. The number of hydrogen-bond acceptors (Lipinski definition) is 3. The Morgan fingerprint density at radius 1 is 1.40 bits per heavy atom. The Bertz CT molecular complexity index is 448. The third kappa shape index (κ3) is 3.51. The van der Waals surface area contributed by atoms with Crippen molar-refractivity contribution in [2.24, 2.45) is 11.3 Å². The number of nitrogen functional groups attached to an aromatic ring is 1. The molecule has 1 aromatic heterocycles. The largest absolute Gasteiger partial charge is 0.390 e. The first-order chi connectivity index (χ1) is 9.35. The lowest BCUT2D eigenvalue weighted by molar-refractivity contribution is -0.0276. The second-order valence-corrected chi connectivity index (χ2v) is 7.11. The Kier molecular flexibility index (Phi) is 4.38. The third-order valence-corrected chi connectivity index (χ3v) is 5.31. The highest BCUT2D eigenvalue weighted by Gasteiger charge is 2.38. The van der Waals surface area contributed by atoms with E-state index in [1.807, 2.05) is 12.1 Å². The maximum Gasteiger partial charge on any atom is 0.123 e. The summed E-state index contributed by atoms with van der Waals surface area (Å²) in [6.45, 7) is 6.97. The molecule has 0 radical (unpaired) electrons. The molecule has 1 aliphatic rings. The van der Waals surface area contributed by atoms with Crippen molar-refractivity contribution in [3.05, 3.63) is 23.9 Å². The summed E-state index contributed by atoms with van der Waals surface area (Å²) < 4.78 is 0. The summed E-state index contributed by atoms with van der Waals surface area (Å²) in [7, 11) is 0. The predicted molar refractivity (Wildman–Crippen MR) is 83.3 cm³/mol. The Morgan fingerprint density at radius 2 is 2.05 bits per heavy atom. The molecule has 0 unspecified atom stereocenters. The van der Waals surface area contributed by atoms with E-state index in [0.29, 0.717) is 17.7 Å². The van der Waals surface area contributed by atoms with E-state index >= 15 is 0 Å². The standard InChI is InChI=1S/C17H28N2O/c1-4-16(2,3)14-5-8-17(20,9-6-14)12-13-7-10-19-15(18)11-13/h7,10-11,14,20H,4-6,8-9,12H2,1-3H3,(H2,18,19). The van der Waals surface area contributed by atoms with Crippen LogP contribution in [0.25, 0.3) is 0 Å². The average Bonchev–Trinajstić information content (AvgIpc) is 2.39. The molecule has 1 saturated carbocycles. The maximum absolute atomic E-state index is 10.8. The second-order valence-electron chi connectivity index (χ2n) is 7.11. The van der Waals surface area contributed by atoms with Crippen LogP contribution in [0.4, 0.5) is 5.82 Å². The molecule has 112 valence electrons. The molecule has 1 heterocycles. The van der Waals surface area contributed by atoms with Crippen LogP contribution in [0.1, 0.15) is 58.4 Å². The predicted octanol–water partition coefficient (Wildman–Crippen LogP) is 3.56. The van der Waals surface area contributed by atoms with Crippen LogP contribution < -0.4 is 5.73 Å². The minimum absolute atomic E-state index is 0.391. The van der Waals surface area contributed by atoms with Crippen LogP contribution in [-0.2, 0) is 6.42 Å². The molecule has 3 N–H and O–H groups in total. The van der Waals surface area contributed by atoms with E-state index in [2.05, 4.69) is 25.8 Å². The zero-order valence-electron chi connectivity index (χ0n) is 13.0. The fourth-order valence-corrected chi connectivity index (χ4v) is 3.39. The van der Waals surface area contributed by atoms with E-state index in [1.165, 1.54) is 6.42 Å². The minimum Gasteiger partial charge on any atom is -0.390 e. The van der Waals surface area contributed by atoms with Gasteiger partial charge in [-0.2, -0.15) is 0 Å². The smallest absolute Gasteiger partial charge is 0.123 e. The van der Waals surface area contributed by atoms with E-state index in [0.717, 1.165) is 37.2 Å². The number of rotatable bonds is 4. The Balaban J connectivity index is 1.98. The Morgan fingerprint density at radius 3 is 2.60 bits per heavy atom. The van der Waals surface area contributed by atoms with Crippen molar-refractivity contribution in [3.63, 3.8) is 0 Å². The first-order valence-corrected chi connectivity index (χ1v) is 7.77. The zero-order chi connectivity index (χ0) is 14.8. The van der Waals surface area contributed by atoms with Gasteiger partial charge in [-0.25, -0.2) is 4.98 Å². The lowest BCUT2D eigenvalue weighted by Gasteiger charge is -2.42. The maximum atomic E-state index is 10.8. The number of hydrogen-bond donors (Lipinski definition) is 2. The molecule has 3 nitrogen and oxygen atoms in total. The Labute approximate surface area is 122 Å². The summed E-state index contributed by atoms with van der Waals surface area (Å²) in [5.74, 6) is 1.27. The van der Waals surface area contributed by atoms with E-state index < -0.39 is 5.60 Å². The molecular weight excluding hydrogens is 248 g/mol. The van der Waals surface area contributed by atoms with Gasteiger partial charge < -0.3 is 10.8 Å². The summed E-state index contributed by atoms with van der Waals surface area (Å²) in [5, 5.41) is 10.8. The van der Waals surface area contributed by atoms with Gasteiger partial charge in [-0.1, -0.05) is 27.2 Å². The van der Waals surface area contributed by atoms with Gasteiger partial charge >= 0.3 is 0 Å². The van der Waals surface area contributed by atoms with Gasteiger partial charge in [-0.15, -0.1) is 0 Å². The fraction of sp³-hybridized carbons (Fsp3) is 0.706. The molecule has 0 saturated heterocycles. The lowest BCUT2D eigenvalue weighted by Crippen LogP contribution is -2.39. The minimum atomic E-state index is -0.561. The zero-order valence-corrected chi connectivity index (χ0v) is 13.0. The van der Waals surface area contributed by atoms with Gasteiger partial charge in [-0.05, 0) is 54.7 Å². The molecule has 0 amide bonds. The topological polar surface area (TPSA) is 59.1 Å². The van der Waals surface area contributed by atoms with Crippen molar-refractivity contribution >= 4 is 5.82 Å². The van der Waals surface area contributed by atoms with Crippen molar-refractivity contribution in [3.8, 4) is 0 Å². The van der Waals surface area contributed by atoms with Crippen LogP contribution in [0.3, 0.4) is 0 Å². The molecule has 1 fully saturated rings. The van der Waals surface area contributed by atoms with Gasteiger partial charge in [0.05, 0.1) is 5.60 Å². The van der Waals surface area contributed by atoms with Crippen LogP contribution in [0, 0.1) is 11.3 Å². The number of aliphatic hydroxyl groups is 1. The van der Waals surface area contributed by atoms with E-state index in [4.69, 9.17) is 5.73 Å². The SMILES string of the molecule is CCC(C)(C)C1CCC(O)(Cc2ccnc(N)c2)CC1. The molecule has 1 aliphatic carbocycles.